The summed E-state index contributed by atoms with van der Waals surface area (Å²) in [4.78, 5) is 0. The molecule has 0 spiro atoms. The number of nitrogens with one attached hydrogen (secondary N) is 2. The Labute approximate surface area is 93.6 Å². The number of hydrogen-bond donors (Lipinski definition) is 3. The Kier molecular flexibility index (Phi) is 6.98. The van der Waals surface area contributed by atoms with Crippen molar-refractivity contribution in [1.29, 1.82) is 0 Å². The summed E-state index contributed by atoms with van der Waals surface area (Å²) < 4.78 is 0. The van der Waals surface area contributed by atoms with Crippen LogP contribution in [0, 0.1) is 11.8 Å². The molecule has 3 N–H and O–H groups in total. The van der Waals surface area contributed by atoms with Crippen LogP contribution in [0.1, 0.15) is 32.6 Å². The van der Waals surface area contributed by atoms with E-state index in [0.717, 1.165) is 18.9 Å². The lowest BCUT2D eigenvalue weighted by Gasteiger charge is -2.22. The lowest BCUT2D eigenvalue weighted by molar-refractivity contribution is 0.227. The highest BCUT2D eigenvalue weighted by Crippen LogP contribution is 2.10. The highest BCUT2D eigenvalue weighted by molar-refractivity contribution is 4.70. The fourth-order valence-corrected chi connectivity index (χ4v) is 2.06. The van der Waals surface area contributed by atoms with E-state index in [9.17, 15) is 0 Å². The van der Waals surface area contributed by atoms with Gasteiger partial charge in [0.05, 0.1) is 0 Å². The first-order chi connectivity index (χ1) is 7.33. The zero-order valence-electron chi connectivity index (χ0n) is 9.97. The largest absolute Gasteiger partial charge is 0.396 e. The lowest BCUT2D eigenvalue weighted by Crippen LogP contribution is -2.34. The van der Waals surface area contributed by atoms with Crippen LogP contribution in [0.4, 0.5) is 0 Å². The van der Waals surface area contributed by atoms with Crippen molar-refractivity contribution in [2.75, 3.05) is 32.8 Å². The molecule has 3 heteroatoms. The molecule has 1 heterocycles. The SMILES string of the molecule is CC(CO)CCCNCC1CCNCC1. The Morgan fingerprint density at radius 2 is 2.13 bits per heavy atom. The maximum atomic E-state index is 8.87. The second kappa shape index (κ2) is 8.08. The van der Waals surface area contributed by atoms with Crippen LogP contribution in [0.3, 0.4) is 0 Å². The van der Waals surface area contributed by atoms with Crippen LogP contribution in [0.2, 0.25) is 0 Å². The molecular weight excluding hydrogens is 188 g/mol. The zero-order valence-corrected chi connectivity index (χ0v) is 9.97. The minimum Gasteiger partial charge on any atom is -0.396 e. The first kappa shape index (κ1) is 12.9. The summed E-state index contributed by atoms with van der Waals surface area (Å²) in [6.07, 6.45) is 4.96. The molecule has 1 atom stereocenters. The van der Waals surface area contributed by atoms with E-state index in [4.69, 9.17) is 5.11 Å². The smallest absolute Gasteiger partial charge is 0.0456 e. The quantitative estimate of drug-likeness (QED) is 0.554. The van der Waals surface area contributed by atoms with Crippen LogP contribution < -0.4 is 10.6 Å². The number of aliphatic hydroxyl groups excluding tert-OH is 1. The molecule has 0 aromatic rings. The van der Waals surface area contributed by atoms with Gasteiger partial charge in [0.25, 0.3) is 0 Å². The highest BCUT2D eigenvalue weighted by atomic mass is 16.3. The fraction of sp³-hybridized carbons (Fsp3) is 1.00. The van der Waals surface area contributed by atoms with Crippen LogP contribution in [-0.4, -0.2) is 37.9 Å². The van der Waals surface area contributed by atoms with E-state index in [0.29, 0.717) is 12.5 Å². The summed E-state index contributed by atoms with van der Waals surface area (Å²) in [6.45, 7) is 7.09. The topological polar surface area (TPSA) is 44.3 Å². The monoisotopic (exact) mass is 214 g/mol. The molecule has 0 bridgehead atoms. The molecule has 1 fully saturated rings. The van der Waals surface area contributed by atoms with Crippen LogP contribution in [0.15, 0.2) is 0 Å². The van der Waals surface area contributed by atoms with Crippen LogP contribution in [-0.2, 0) is 0 Å². The van der Waals surface area contributed by atoms with Gasteiger partial charge in [-0.3, -0.25) is 0 Å². The predicted molar refractivity (Wildman–Crippen MR) is 63.9 cm³/mol. The van der Waals surface area contributed by atoms with E-state index in [2.05, 4.69) is 17.6 Å². The summed E-state index contributed by atoms with van der Waals surface area (Å²) in [5, 5.41) is 15.8. The number of piperidine rings is 1. The molecule has 0 aliphatic carbocycles. The van der Waals surface area contributed by atoms with Crippen molar-refractivity contribution >= 4 is 0 Å². The van der Waals surface area contributed by atoms with Crippen molar-refractivity contribution < 1.29 is 5.11 Å². The molecule has 90 valence electrons. The summed E-state index contributed by atoms with van der Waals surface area (Å²) in [7, 11) is 0. The third kappa shape index (κ3) is 6.13. The van der Waals surface area contributed by atoms with Gasteiger partial charge < -0.3 is 15.7 Å². The fourth-order valence-electron chi connectivity index (χ4n) is 2.06. The molecule has 1 aliphatic heterocycles. The lowest BCUT2D eigenvalue weighted by atomic mass is 9.98. The molecule has 0 aromatic carbocycles. The van der Waals surface area contributed by atoms with Gasteiger partial charge in [-0.15, -0.1) is 0 Å². The molecule has 3 nitrogen and oxygen atoms in total. The Morgan fingerprint density at radius 3 is 2.80 bits per heavy atom. The minimum atomic E-state index is 0.328. The molecule has 15 heavy (non-hydrogen) atoms. The van der Waals surface area contributed by atoms with Crippen molar-refractivity contribution in [3.63, 3.8) is 0 Å². The Bertz CT molecular complexity index is 147. The average molecular weight is 214 g/mol. The van der Waals surface area contributed by atoms with E-state index >= 15 is 0 Å². The molecule has 1 aliphatic rings. The number of hydrogen-bond acceptors (Lipinski definition) is 3. The second-order valence-electron chi connectivity index (χ2n) is 4.83. The van der Waals surface area contributed by atoms with Gasteiger partial charge in [-0.05, 0) is 63.7 Å². The molecular formula is C12H26N2O. The van der Waals surface area contributed by atoms with E-state index in [-0.39, 0.29) is 0 Å². The van der Waals surface area contributed by atoms with Gasteiger partial charge in [0, 0.05) is 6.61 Å². The zero-order chi connectivity index (χ0) is 10.9. The van der Waals surface area contributed by atoms with Gasteiger partial charge in [0.1, 0.15) is 0 Å². The molecule has 0 radical (unpaired) electrons. The van der Waals surface area contributed by atoms with Crippen molar-refractivity contribution in [2.45, 2.75) is 32.6 Å². The summed E-state index contributed by atoms with van der Waals surface area (Å²) >= 11 is 0. The first-order valence-corrected chi connectivity index (χ1v) is 6.35. The Morgan fingerprint density at radius 1 is 1.40 bits per heavy atom. The van der Waals surface area contributed by atoms with E-state index < -0.39 is 0 Å². The molecule has 0 amide bonds. The standard InChI is InChI=1S/C12H26N2O/c1-11(10-15)3-2-6-14-9-12-4-7-13-8-5-12/h11-15H,2-10H2,1H3. The van der Waals surface area contributed by atoms with E-state index in [1.54, 1.807) is 0 Å². The second-order valence-corrected chi connectivity index (χ2v) is 4.83. The third-order valence-corrected chi connectivity index (χ3v) is 3.25. The number of rotatable bonds is 7. The average Bonchev–Trinajstić information content (AvgIpc) is 2.29. The molecule has 1 saturated heterocycles. The van der Waals surface area contributed by atoms with Gasteiger partial charge in [0.2, 0.25) is 0 Å². The predicted octanol–water partition coefficient (Wildman–Crippen LogP) is 0.984. The number of aliphatic hydroxyl groups is 1. The van der Waals surface area contributed by atoms with Crippen LogP contribution in [0.5, 0.6) is 0 Å². The van der Waals surface area contributed by atoms with Gasteiger partial charge in [-0.1, -0.05) is 6.92 Å². The molecule has 1 unspecified atom stereocenters. The van der Waals surface area contributed by atoms with E-state index in [1.165, 1.54) is 38.9 Å². The molecule has 0 aromatic heterocycles. The van der Waals surface area contributed by atoms with Gasteiger partial charge in [0.15, 0.2) is 0 Å². The Balaban J connectivity index is 1.87. The Hall–Kier alpha value is -0.120. The third-order valence-electron chi connectivity index (χ3n) is 3.25. The van der Waals surface area contributed by atoms with Crippen molar-refractivity contribution in [1.82, 2.24) is 10.6 Å². The van der Waals surface area contributed by atoms with Gasteiger partial charge >= 0.3 is 0 Å². The van der Waals surface area contributed by atoms with Gasteiger partial charge in [-0.2, -0.15) is 0 Å². The minimum absolute atomic E-state index is 0.328. The van der Waals surface area contributed by atoms with Gasteiger partial charge in [-0.25, -0.2) is 0 Å². The maximum Gasteiger partial charge on any atom is 0.0456 e. The summed E-state index contributed by atoms with van der Waals surface area (Å²) in [5.41, 5.74) is 0. The maximum absolute atomic E-state index is 8.87. The van der Waals surface area contributed by atoms with Crippen molar-refractivity contribution in [3.8, 4) is 0 Å². The summed E-state index contributed by atoms with van der Waals surface area (Å²) in [6, 6.07) is 0. The highest BCUT2D eigenvalue weighted by Gasteiger charge is 2.11. The molecule has 1 rings (SSSR count). The van der Waals surface area contributed by atoms with Crippen molar-refractivity contribution in [2.24, 2.45) is 11.8 Å². The summed E-state index contributed by atoms with van der Waals surface area (Å²) in [5.74, 6) is 1.34. The molecule has 0 saturated carbocycles. The van der Waals surface area contributed by atoms with Crippen molar-refractivity contribution in [3.05, 3.63) is 0 Å². The van der Waals surface area contributed by atoms with E-state index in [1.807, 2.05) is 0 Å². The normalized spacial score (nSPS) is 20.4. The first-order valence-electron chi connectivity index (χ1n) is 6.35. The van der Waals surface area contributed by atoms with Crippen LogP contribution >= 0.6 is 0 Å². The van der Waals surface area contributed by atoms with Crippen LogP contribution in [0.25, 0.3) is 0 Å².